The van der Waals surface area contributed by atoms with Gasteiger partial charge < -0.3 is 9.97 Å². The summed E-state index contributed by atoms with van der Waals surface area (Å²) >= 11 is 0. The van der Waals surface area contributed by atoms with Crippen LogP contribution in [0.4, 0.5) is 0 Å². The minimum atomic E-state index is 0.165. The Morgan fingerprint density at radius 1 is 0.611 bits per heavy atom. The van der Waals surface area contributed by atoms with Gasteiger partial charge in [-0.15, -0.1) is 0 Å². The van der Waals surface area contributed by atoms with E-state index in [-0.39, 0.29) is 11.8 Å². The SMILES string of the molecule is C1=CC2=c3cc4[nH]c(cc5nc(cc6ccc(cc(n3)C2C=C1)[nH]6)-c1ccccc1-5)=C1C=CC=CC14. The summed E-state index contributed by atoms with van der Waals surface area (Å²) in [4.78, 5) is 17.5. The summed E-state index contributed by atoms with van der Waals surface area (Å²) in [6.07, 6.45) is 17.3. The van der Waals surface area contributed by atoms with Crippen molar-refractivity contribution in [3.8, 4) is 22.5 Å². The topological polar surface area (TPSA) is 57.4 Å². The quantitative estimate of drug-likeness (QED) is 0.363. The summed E-state index contributed by atoms with van der Waals surface area (Å²) in [5.41, 5.74) is 11.0. The van der Waals surface area contributed by atoms with E-state index < -0.39 is 0 Å². The molecule has 0 spiro atoms. The molecule has 0 radical (unpaired) electrons. The lowest BCUT2D eigenvalue weighted by Crippen LogP contribution is -2.07. The van der Waals surface area contributed by atoms with Crippen LogP contribution in [0.15, 0.2) is 109 Å². The predicted octanol–water partition coefficient (Wildman–Crippen LogP) is 5.49. The Labute approximate surface area is 207 Å². The lowest BCUT2D eigenvalue weighted by molar-refractivity contribution is 1.05. The van der Waals surface area contributed by atoms with Crippen molar-refractivity contribution in [2.24, 2.45) is 0 Å². The van der Waals surface area contributed by atoms with Crippen LogP contribution in [0.3, 0.4) is 0 Å². The molecule has 0 saturated carbocycles. The van der Waals surface area contributed by atoms with Crippen LogP contribution in [0.25, 0.3) is 44.7 Å². The van der Waals surface area contributed by atoms with E-state index in [0.29, 0.717) is 0 Å². The van der Waals surface area contributed by atoms with Crippen LogP contribution in [0.2, 0.25) is 0 Å². The minimum Gasteiger partial charge on any atom is -0.358 e. The molecule has 2 N–H and O–H groups in total. The maximum absolute atomic E-state index is 5.12. The van der Waals surface area contributed by atoms with Gasteiger partial charge in [-0.2, -0.15) is 0 Å². The molecule has 170 valence electrons. The number of aromatic amines is 2. The minimum absolute atomic E-state index is 0.165. The van der Waals surface area contributed by atoms with Crippen LogP contribution in [-0.4, -0.2) is 19.9 Å². The highest BCUT2D eigenvalue weighted by Crippen LogP contribution is 2.36. The molecule has 5 aliphatic rings. The predicted molar refractivity (Wildman–Crippen MR) is 145 cm³/mol. The fourth-order valence-electron chi connectivity index (χ4n) is 5.76. The third-order valence-corrected chi connectivity index (χ3v) is 7.46. The van der Waals surface area contributed by atoms with Gasteiger partial charge in [0.1, 0.15) is 0 Å². The molecule has 4 heteroatoms. The highest BCUT2D eigenvalue weighted by molar-refractivity contribution is 5.86. The largest absolute Gasteiger partial charge is 0.358 e. The molecular formula is C32H22N4. The summed E-state index contributed by atoms with van der Waals surface area (Å²) < 4.78 is 0. The van der Waals surface area contributed by atoms with Crippen LogP contribution in [-0.2, 0) is 0 Å². The third-order valence-electron chi connectivity index (χ3n) is 7.46. The van der Waals surface area contributed by atoms with Crippen molar-refractivity contribution in [2.75, 3.05) is 0 Å². The van der Waals surface area contributed by atoms with Gasteiger partial charge in [0, 0.05) is 45.0 Å². The number of benzene rings is 1. The first-order valence-electron chi connectivity index (χ1n) is 12.3. The first-order valence-corrected chi connectivity index (χ1v) is 12.3. The zero-order valence-electron chi connectivity index (χ0n) is 19.4. The number of nitrogens with one attached hydrogen (secondary N) is 2. The van der Waals surface area contributed by atoms with Crippen LogP contribution < -0.4 is 10.7 Å². The first-order chi connectivity index (χ1) is 17.8. The maximum Gasteiger partial charge on any atom is 0.0737 e. The fraction of sp³-hybridized carbons (Fsp3) is 0.0625. The molecule has 0 saturated heterocycles. The van der Waals surface area contributed by atoms with E-state index in [1.807, 2.05) is 0 Å². The number of aromatic nitrogens is 4. The molecule has 8 bridgehead atoms. The van der Waals surface area contributed by atoms with E-state index >= 15 is 0 Å². The number of hydrogen-bond acceptors (Lipinski definition) is 2. The number of rotatable bonds is 0. The zero-order chi connectivity index (χ0) is 23.6. The van der Waals surface area contributed by atoms with Crippen molar-refractivity contribution >= 4 is 22.2 Å². The molecule has 2 aromatic heterocycles. The molecule has 3 aliphatic heterocycles. The van der Waals surface area contributed by atoms with Gasteiger partial charge >= 0.3 is 0 Å². The van der Waals surface area contributed by atoms with Gasteiger partial charge in [-0.05, 0) is 47.5 Å². The lowest BCUT2D eigenvalue weighted by Gasteiger charge is -2.11. The highest BCUT2D eigenvalue weighted by Gasteiger charge is 2.24. The van der Waals surface area contributed by atoms with E-state index in [1.165, 1.54) is 11.1 Å². The summed E-state index contributed by atoms with van der Waals surface area (Å²) in [6.45, 7) is 0. The van der Waals surface area contributed by atoms with Gasteiger partial charge in [-0.3, -0.25) is 4.98 Å². The molecule has 36 heavy (non-hydrogen) atoms. The van der Waals surface area contributed by atoms with Crippen LogP contribution in [0.1, 0.15) is 23.2 Å². The molecule has 4 nitrogen and oxygen atoms in total. The molecule has 5 heterocycles. The highest BCUT2D eigenvalue weighted by atomic mass is 14.8. The molecule has 0 fully saturated rings. The molecular weight excluding hydrogens is 440 g/mol. The van der Waals surface area contributed by atoms with E-state index in [4.69, 9.17) is 9.97 Å². The van der Waals surface area contributed by atoms with Gasteiger partial charge in [-0.25, -0.2) is 4.98 Å². The lowest BCUT2D eigenvalue weighted by atomic mass is 9.91. The first kappa shape index (κ1) is 19.6. The van der Waals surface area contributed by atoms with E-state index in [0.717, 1.165) is 55.6 Å². The van der Waals surface area contributed by atoms with Gasteiger partial charge in [0.25, 0.3) is 0 Å². The smallest absolute Gasteiger partial charge is 0.0737 e. The number of fused-ring (bicyclic) bond motifs is 15. The Hall–Kier alpha value is -4.70. The van der Waals surface area contributed by atoms with Gasteiger partial charge in [0.2, 0.25) is 0 Å². The van der Waals surface area contributed by atoms with E-state index in [2.05, 4.69) is 119 Å². The third kappa shape index (κ3) is 2.94. The van der Waals surface area contributed by atoms with Crippen molar-refractivity contribution in [3.63, 3.8) is 0 Å². The monoisotopic (exact) mass is 462 g/mol. The standard InChI is InChI=1S/C32H22N4/c1-3-9-23-21(7-1)27-15-19-13-14-20(33-19)16-28-22-8-2-4-10-24(22)30(35-28)18-32-26-12-6-5-11-25(26)31(36-32)17-29(23)34-27/h1-18,21,25,33,36H. The fourth-order valence-corrected chi connectivity index (χ4v) is 5.76. The molecule has 8 rings (SSSR count). The number of H-pyrrole nitrogens is 2. The Morgan fingerprint density at radius 2 is 1.33 bits per heavy atom. The molecule has 1 aromatic carbocycles. The number of allylic oxidation sites excluding steroid dienone is 8. The zero-order valence-corrected chi connectivity index (χ0v) is 19.4. The Bertz CT molecular complexity index is 1910. The summed E-state index contributed by atoms with van der Waals surface area (Å²) in [7, 11) is 0. The molecule has 0 amide bonds. The van der Waals surface area contributed by atoms with Crippen molar-refractivity contribution in [1.82, 2.24) is 19.9 Å². The molecule has 2 unspecified atom stereocenters. The number of nitrogens with zero attached hydrogens (tertiary/aromatic N) is 2. The van der Waals surface area contributed by atoms with Gasteiger partial charge in [-0.1, -0.05) is 72.9 Å². The normalized spacial score (nSPS) is 19.7. The average molecular weight is 463 g/mol. The second-order valence-electron chi connectivity index (χ2n) is 9.64. The van der Waals surface area contributed by atoms with Crippen LogP contribution in [0, 0.1) is 0 Å². The van der Waals surface area contributed by atoms with Crippen molar-refractivity contribution in [2.45, 2.75) is 11.8 Å². The van der Waals surface area contributed by atoms with Gasteiger partial charge in [0.15, 0.2) is 0 Å². The Balaban J connectivity index is 1.53. The van der Waals surface area contributed by atoms with Gasteiger partial charge in [0.05, 0.1) is 22.4 Å². The maximum atomic E-state index is 5.12. The van der Waals surface area contributed by atoms with Crippen LogP contribution in [0.5, 0.6) is 0 Å². The average Bonchev–Trinajstić information content (AvgIpc) is 3.67. The molecule has 3 aromatic rings. The second kappa shape index (κ2) is 7.40. The number of hydrogen-bond donors (Lipinski definition) is 2. The molecule has 2 atom stereocenters. The van der Waals surface area contributed by atoms with E-state index in [1.54, 1.807) is 0 Å². The Morgan fingerprint density at radius 3 is 2.17 bits per heavy atom. The van der Waals surface area contributed by atoms with Crippen molar-refractivity contribution < 1.29 is 0 Å². The Kier molecular flexibility index (Phi) is 4.03. The summed E-state index contributed by atoms with van der Waals surface area (Å²) in [5.74, 6) is 0.338. The van der Waals surface area contributed by atoms with Crippen molar-refractivity contribution in [1.29, 1.82) is 0 Å². The van der Waals surface area contributed by atoms with Crippen molar-refractivity contribution in [3.05, 3.63) is 131 Å². The van der Waals surface area contributed by atoms with Crippen LogP contribution >= 0.6 is 0 Å². The second-order valence-corrected chi connectivity index (χ2v) is 9.64. The van der Waals surface area contributed by atoms with E-state index in [9.17, 15) is 0 Å². The summed E-state index contributed by atoms with van der Waals surface area (Å²) in [6, 6.07) is 21.4. The molecule has 2 aliphatic carbocycles. The summed E-state index contributed by atoms with van der Waals surface area (Å²) in [5, 5.41) is 2.11.